The molecule has 1 aliphatic heterocycles. The van der Waals surface area contributed by atoms with Crippen molar-refractivity contribution in [3.8, 4) is 0 Å². The van der Waals surface area contributed by atoms with Gasteiger partial charge in [0, 0.05) is 11.8 Å². The minimum atomic E-state index is -1.49. The molecule has 3 aliphatic rings. The number of hydrogen-bond donors (Lipinski definition) is 5. The summed E-state index contributed by atoms with van der Waals surface area (Å²) in [5.74, 6) is 0.412. The number of fused-ring (bicyclic) bond motifs is 1. The molecule has 0 unspecified atom stereocenters. The van der Waals surface area contributed by atoms with Gasteiger partial charge in [-0.2, -0.15) is 0 Å². The molecule has 0 amide bonds. The van der Waals surface area contributed by atoms with Crippen LogP contribution in [-0.2, 0) is 9.47 Å². The van der Waals surface area contributed by atoms with Gasteiger partial charge in [0.2, 0.25) is 0 Å². The van der Waals surface area contributed by atoms with Gasteiger partial charge >= 0.3 is 0 Å². The van der Waals surface area contributed by atoms with Crippen molar-refractivity contribution in [3.05, 3.63) is 24.3 Å². The van der Waals surface area contributed by atoms with Gasteiger partial charge in [0.05, 0.1) is 18.8 Å². The molecule has 7 nitrogen and oxygen atoms in total. The standard InChI is InChI=1S/C21H34O7/c1-10(2)12-5-6-21(4)13(7-12)11(3)14(8-16(21)23)27-20-19(26)18(25)17(24)15(9-22)28-20/h12-20,22-26H,1,3,5-9H2,2,4H3/t12-,13-,14-,15-,16-,17-,18+,19-,20+,21-/m1/s1. The van der Waals surface area contributed by atoms with E-state index in [-0.39, 0.29) is 11.3 Å². The largest absolute Gasteiger partial charge is 0.394 e. The normalized spacial score (nSPS) is 49.5. The van der Waals surface area contributed by atoms with Crippen molar-refractivity contribution in [1.29, 1.82) is 0 Å². The zero-order chi connectivity index (χ0) is 20.8. The summed E-state index contributed by atoms with van der Waals surface area (Å²) in [6.07, 6.45) is -4.77. The molecule has 28 heavy (non-hydrogen) atoms. The molecule has 0 spiro atoms. The number of aliphatic hydroxyl groups excluding tert-OH is 5. The summed E-state index contributed by atoms with van der Waals surface area (Å²) < 4.78 is 11.4. The van der Waals surface area contributed by atoms with E-state index in [0.717, 1.165) is 30.4 Å². The van der Waals surface area contributed by atoms with Crippen molar-refractivity contribution in [2.24, 2.45) is 17.3 Å². The first-order valence-electron chi connectivity index (χ1n) is 10.1. The first kappa shape index (κ1) is 21.9. The van der Waals surface area contributed by atoms with Crippen LogP contribution < -0.4 is 0 Å². The first-order chi connectivity index (χ1) is 13.1. The fourth-order valence-corrected chi connectivity index (χ4v) is 5.08. The number of aliphatic hydroxyl groups is 5. The molecular weight excluding hydrogens is 364 g/mol. The topological polar surface area (TPSA) is 120 Å². The zero-order valence-electron chi connectivity index (χ0n) is 16.7. The Morgan fingerprint density at radius 3 is 2.46 bits per heavy atom. The molecule has 2 aliphatic carbocycles. The van der Waals surface area contributed by atoms with E-state index in [4.69, 9.17) is 9.47 Å². The number of rotatable bonds is 4. The second-order valence-electron chi connectivity index (χ2n) is 9.02. The van der Waals surface area contributed by atoms with Crippen molar-refractivity contribution in [2.45, 2.75) is 82.4 Å². The highest BCUT2D eigenvalue weighted by Gasteiger charge is 2.53. The smallest absolute Gasteiger partial charge is 0.187 e. The van der Waals surface area contributed by atoms with Gasteiger partial charge in [-0.3, -0.25) is 0 Å². The molecule has 0 bridgehead atoms. The Labute approximate surface area is 166 Å². The van der Waals surface area contributed by atoms with Gasteiger partial charge in [-0.25, -0.2) is 0 Å². The maximum Gasteiger partial charge on any atom is 0.187 e. The number of allylic oxidation sites excluding steroid dienone is 1. The SMILES string of the molecule is C=C(C)[C@@H]1CC[C@@]2(C)[C@H](O)C[C@@H](O[C@H]3O[C@H](CO)[C@@H](O)[C@H](O)[C@H]3O)C(=C)[C@H]2C1. The van der Waals surface area contributed by atoms with Crippen LogP contribution in [0.5, 0.6) is 0 Å². The molecule has 0 aromatic carbocycles. The Balaban J connectivity index is 1.76. The lowest BCUT2D eigenvalue weighted by atomic mass is 9.54. The Morgan fingerprint density at radius 2 is 1.86 bits per heavy atom. The van der Waals surface area contributed by atoms with E-state index in [1.807, 2.05) is 6.92 Å². The van der Waals surface area contributed by atoms with Crippen molar-refractivity contribution < 1.29 is 35.0 Å². The molecule has 0 aromatic heterocycles. The lowest BCUT2D eigenvalue weighted by molar-refractivity contribution is -0.312. The monoisotopic (exact) mass is 398 g/mol. The summed E-state index contributed by atoms with van der Waals surface area (Å²) in [5, 5.41) is 50.4. The second kappa shape index (κ2) is 8.14. The van der Waals surface area contributed by atoms with Crippen LogP contribution >= 0.6 is 0 Å². The van der Waals surface area contributed by atoms with Crippen LogP contribution in [0.3, 0.4) is 0 Å². The molecule has 3 rings (SSSR count). The highest BCUT2D eigenvalue weighted by molar-refractivity contribution is 5.22. The molecule has 0 aromatic rings. The van der Waals surface area contributed by atoms with Crippen LogP contribution in [0.4, 0.5) is 0 Å². The molecular formula is C21H34O7. The van der Waals surface area contributed by atoms with E-state index in [1.54, 1.807) is 0 Å². The maximum atomic E-state index is 10.9. The van der Waals surface area contributed by atoms with E-state index >= 15 is 0 Å². The maximum absolute atomic E-state index is 10.9. The minimum absolute atomic E-state index is 0.0431. The summed E-state index contributed by atoms with van der Waals surface area (Å²) in [6, 6.07) is 0. The summed E-state index contributed by atoms with van der Waals surface area (Å²) in [7, 11) is 0. The van der Waals surface area contributed by atoms with E-state index in [0.29, 0.717) is 12.3 Å². The van der Waals surface area contributed by atoms with E-state index < -0.39 is 49.5 Å². The lowest BCUT2D eigenvalue weighted by Crippen LogP contribution is -2.60. The Morgan fingerprint density at radius 1 is 1.18 bits per heavy atom. The molecule has 160 valence electrons. The van der Waals surface area contributed by atoms with E-state index in [2.05, 4.69) is 20.1 Å². The van der Waals surface area contributed by atoms with Gasteiger partial charge in [-0.15, -0.1) is 0 Å². The third kappa shape index (κ3) is 3.69. The van der Waals surface area contributed by atoms with Gasteiger partial charge in [0.1, 0.15) is 24.4 Å². The zero-order valence-corrected chi connectivity index (χ0v) is 16.7. The van der Waals surface area contributed by atoms with Crippen molar-refractivity contribution in [2.75, 3.05) is 6.61 Å². The number of hydrogen-bond acceptors (Lipinski definition) is 7. The third-order valence-electron chi connectivity index (χ3n) is 7.25. The van der Waals surface area contributed by atoms with Crippen LogP contribution in [0.25, 0.3) is 0 Å². The van der Waals surface area contributed by atoms with Gasteiger partial charge in [0.15, 0.2) is 6.29 Å². The molecule has 10 atom stereocenters. The summed E-state index contributed by atoms with van der Waals surface area (Å²) >= 11 is 0. The molecule has 2 saturated carbocycles. The summed E-state index contributed by atoms with van der Waals surface area (Å²) in [4.78, 5) is 0. The predicted octanol–water partition coefficient (Wildman–Crippen LogP) is 0.491. The predicted molar refractivity (Wildman–Crippen MR) is 102 cm³/mol. The van der Waals surface area contributed by atoms with Crippen molar-refractivity contribution >= 4 is 0 Å². The second-order valence-corrected chi connectivity index (χ2v) is 9.02. The molecule has 1 heterocycles. The van der Waals surface area contributed by atoms with Crippen LogP contribution in [0.1, 0.15) is 39.5 Å². The summed E-state index contributed by atoms with van der Waals surface area (Å²) in [5.41, 5.74) is 1.69. The van der Waals surface area contributed by atoms with Crippen molar-refractivity contribution in [3.63, 3.8) is 0 Å². The fraction of sp³-hybridized carbons (Fsp3) is 0.810. The van der Waals surface area contributed by atoms with Crippen LogP contribution in [0, 0.1) is 17.3 Å². The molecule has 1 saturated heterocycles. The van der Waals surface area contributed by atoms with E-state index in [9.17, 15) is 25.5 Å². The molecule has 3 fully saturated rings. The van der Waals surface area contributed by atoms with Crippen LogP contribution in [0.15, 0.2) is 24.3 Å². The Bertz CT molecular complexity index is 606. The molecule has 0 radical (unpaired) electrons. The Hall–Kier alpha value is -0.800. The number of ether oxygens (including phenoxy) is 2. The van der Waals surface area contributed by atoms with Gasteiger partial charge < -0.3 is 35.0 Å². The fourth-order valence-electron chi connectivity index (χ4n) is 5.08. The van der Waals surface area contributed by atoms with Crippen LogP contribution in [0.2, 0.25) is 0 Å². The highest BCUT2D eigenvalue weighted by atomic mass is 16.7. The summed E-state index contributed by atoms with van der Waals surface area (Å²) in [6.45, 7) is 11.9. The third-order valence-corrected chi connectivity index (χ3v) is 7.25. The lowest BCUT2D eigenvalue weighted by Gasteiger charge is -2.54. The minimum Gasteiger partial charge on any atom is -0.394 e. The highest BCUT2D eigenvalue weighted by Crippen LogP contribution is 2.55. The van der Waals surface area contributed by atoms with Gasteiger partial charge in [-0.05, 0) is 43.6 Å². The average Bonchev–Trinajstić information content (AvgIpc) is 2.66. The van der Waals surface area contributed by atoms with E-state index in [1.165, 1.54) is 0 Å². The quantitative estimate of drug-likeness (QED) is 0.345. The van der Waals surface area contributed by atoms with Gasteiger partial charge in [0.25, 0.3) is 0 Å². The van der Waals surface area contributed by atoms with Crippen molar-refractivity contribution in [1.82, 2.24) is 0 Å². The van der Waals surface area contributed by atoms with Gasteiger partial charge in [-0.1, -0.05) is 25.7 Å². The molecule has 5 N–H and O–H groups in total. The first-order valence-corrected chi connectivity index (χ1v) is 10.1. The van der Waals surface area contributed by atoms with Crippen LogP contribution in [-0.4, -0.2) is 75.1 Å². The molecule has 7 heteroatoms. The average molecular weight is 398 g/mol. The Kier molecular flexibility index (Phi) is 6.37.